The molecule has 3 N–H and O–H groups in total. The number of nitrogen functional groups attached to an aromatic ring is 1. The molecule has 3 aromatic heterocycles. The molecule has 30 heavy (non-hydrogen) atoms. The number of aromatic amines is 1. The molecular formula is C20H28N6O3S. The van der Waals surface area contributed by atoms with Gasteiger partial charge in [0, 0.05) is 13.1 Å². The number of nitrogens with one attached hydrogen (secondary N) is 1. The Hall–Kier alpha value is -2.88. The van der Waals surface area contributed by atoms with Crippen LogP contribution < -0.4 is 21.9 Å². The maximum absolute atomic E-state index is 12.7. The Morgan fingerprint density at radius 2 is 2.13 bits per heavy atom. The average molecular weight is 433 g/mol. The van der Waals surface area contributed by atoms with Gasteiger partial charge in [0.1, 0.15) is 11.5 Å². The van der Waals surface area contributed by atoms with Crippen molar-refractivity contribution in [1.29, 1.82) is 0 Å². The van der Waals surface area contributed by atoms with Gasteiger partial charge in [-0.1, -0.05) is 33.3 Å². The van der Waals surface area contributed by atoms with E-state index in [0.29, 0.717) is 30.8 Å². The van der Waals surface area contributed by atoms with Crippen molar-refractivity contribution >= 4 is 22.8 Å². The van der Waals surface area contributed by atoms with Crippen molar-refractivity contribution in [3.63, 3.8) is 0 Å². The van der Waals surface area contributed by atoms with E-state index in [1.165, 1.54) is 15.9 Å². The molecule has 0 saturated carbocycles. The third kappa shape index (κ3) is 4.99. The van der Waals surface area contributed by atoms with Crippen molar-refractivity contribution < 1.29 is 4.42 Å². The summed E-state index contributed by atoms with van der Waals surface area (Å²) in [6.07, 6.45) is 2.53. The van der Waals surface area contributed by atoms with Crippen molar-refractivity contribution in [1.82, 2.24) is 19.7 Å². The van der Waals surface area contributed by atoms with E-state index in [-0.39, 0.29) is 18.1 Å². The summed E-state index contributed by atoms with van der Waals surface area (Å²) >= 11 is 1.51. The van der Waals surface area contributed by atoms with Crippen molar-refractivity contribution in [2.75, 3.05) is 17.2 Å². The second-order valence-corrected chi connectivity index (χ2v) is 8.53. The lowest BCUT2D eigenvalue weighted by Gasteiger charge is -2.25. The molecule has 0 amide bonds. The fourth-order valence-corrected chi connectivity index (χ4v) is 3.73. The van der Waals surface area contributed by atoms with Crippen LogP contribution in [-0.4, -0.2) is 26.3 Å². The Bertz CT molecular complexity index is 1070. The molecule has 10 heteroatoms. The molecule has 0 aliphatic heterocycles. The number of nitrogens with zero attached hydrogens (tertiary/aromatic N) is 4. The van der Waals surface area contributed by atoms with Gasteiger partial charge >= 0.3 is 5.69 Å². The van der Waals surface area contributed by atoms with E-state index in [9.17, 15) is 9.59 Å². The number of thiophene rings is 1. The zero-order valence-electron chi connectivity index (χ0n) is 17.6. The monoisotopic (exact) mass is 432 g/mol. The largest absolute Gasteiger partial charge is 0.418 e. The zero-order chi connectivity index (χ0) is 21.7. The Balaban J connectivity index is 1.96. The molecule has 0 bridgehead atoms. The molecule has 3 heterocycles. The lowest BCUT2D eigenvalue weighted by atomic mass is 10.1. The first-order valence-electron chi connectivity index (χ1n) is 10.1. The topological polar surface area (TPSA) is 123 Å². The van der Waals surface area contributed by atoms with Crippen LogP contribution in [0.4, 0.5) is 11.5 Å². The van der Waals surface area contributed by atoms with E-state index in [1.54, 1.807) is 0 Å². The van der Waals surface area contributed by atoms with Gasteiger partial charge in [0.25, 0.3) is 11.4 Å². The fraction of sp³-hybridized carbons (Fsp3) is 0.500. The highest BCUT2D eigenvalue weighted by molar-refractivity contribution is 7.13. The summed E-state index contributed by atoms with van der Waals surface area (Å²) in [5.41, 5.74) is 5.57. The van der Waals surface area contributed by atoms with Crippen LogP contribution in [0.1, 0.15) is 45.9 Å². The van der Waals surface area contributed by atoms with Crippen molar-refractivity contribution in [2.45, 2.75) is 53.1 Å². The molecule has 3 rings (SSSR count). The number of hydrogen-bond donors (Lipinski definition) is 2. The highest BCUT2D eigenvalue weighted by Crippen LogP contribution is 2.25. The van der Waals surface area contributed by atoms with Gasteiger partial charge in [-0.05, 0) is 30.2 Å². The van der Waals surface area contributed by atoms with Crippen LogP contribution in [0.3, 0.4) is 0 Å². The van der Waals surface area contributed by atoms with Gasteiger partial charge in [-0.2, -0.15) is 0 Å². The number of hydrogen-bond acceptors (Lipinski definition) is 8. The Labute approximate surface area is 178 Å². The fourth-order valence-electron chi connectivity index (χ4n) is 3.09. The molecule has 0 spiro atoms. The van der Waals surface area contributed by atoms with Crippen molar-refractivity contribution in [3.8, 4) is 10.8 Å². The van der Waals surface area contributed by atoms with Crippen LogP contribution >= 0.6 is 11.3 Å². The molecule has 0 aromatic carbocycles. The molecule has 0 saturated heterocycles. The molecule has 0 radical (unpaired) electrons. The third-order valence-corrected chi connectivity index (χ3v) is 5.62. The maximum Gasteiger partial charge on any atom is 0.330 e. The van der Waals surface area contributed by atoms with Gasteiger partial charge in [-0.15, -0.1) is 21.5 Å². The molecule has 0 unspecified atom stereocenters. The minimum atomic E-state index is -0.507. The summed E-state index contributed by atoms with van der Waals surface area (Å²) in [6.45, 7) is 7.48. The second-order valence-electron chi connectivity index (χ2n) is 7.58. The first kappa shape index (κ1) is 21.8. The minimum absolute atomic E-state index is 0.166. The van der Waals surface area contributed by atoms with Crippen molar-refractivity contribution in [2.24, 2.45) is 5.92 Å². The molecule has 9 nitrogen and oxygen atoms in total. The lowest BCUT2D eigenvalue weighted by Crippen LogP contribution is -2.39. The zero-order valence-corrected chi connectivity index (χ0v) is 18.4. The summed E-state index contributed by atoms with van der Waals surface area (Å²) in [6, 6.07) is 3.82. The number of H-pyrrole nitrogens is 1. The van der Waals surface area contributed by atoms with Crippen LogP contribution in [0.5, 0.6) is 0 Å². The number of rotatable bonds is 10. The summed E-state index contributed by atoms with van der Waals surface area (Å²) in [4.78, 5) is 30.1. The third-order valence-electron chi connectivity index (χ3n) is 4.77. The lowest BCUT2D eigenvalue weighted by molar-refractivity contribution is 0.486. The van der Waals surface area contributed by atoms with Crippen molar-refractivity contribution in [3.05, 3.63) is 44.2 Å². The summed E-state index contributed by atoms with van der Waals surface area (Å²) < 4.78 is 7.23. The maximum atomic E-state index is 12.7. The van der Waals surface area contributed by atoms with Crippen LogP contribution in [-0.2, 0) is 13.1 Å². The molecule has 0 aliphatic rings. The average Bonchev–Trinajstić information content (AvgIpc) is 3.37. The predicted molar refractivity (Wildman–Crippen MR) is 119 cm³/mol. The quantitative estimate of drug-likeness (QED) is 0.504. The van der Waals surface area contributed by atoms with Crippen LogP contribution in [0.25, 0.3) is 10.8 Å². The highest BCUT2D eigenvalue weighted by Gasteiger charge is 2.22. The van der Waals surface area contributed by atoms with Gasteiger partial charge in [0.05, 0.1) is 11.4 Å². The number of unbranched alkanes of at least 4 members (excludes halogenated alkanes) is 1. The van der Waals surface area contributed by atoms with Gasteiger partial charge in [0.15, 0.2) is 0 Å². The van der Waals surface area contributed by atoms with Gasteiger partial charge in [-0.3, -0.25) is 14.3 Å². The summed E-state index contributed by atoms with van der Waals surface area (Å²) in [5, 5.41) is 10.2. The molecule has 0 atom stereocenters. The summed E-state index contributed by atoms with van der Waals surface area (Å²) in [7, 11) is 0. The Kier molecular flexibility index (Phi) is 7.09. The highest BCUT2D eigenvalue weighted by atomic mass is 32.1. The van der Waals surface area contributed by atoms with Gasteiger partial charge in [-0.25, -0.2) is 4.79 Å². The Morgan fingerprint density at radius 3 is 2.80 bits per heavy atom. The molecule has 0 fully saturated rings. The minimum Gasteiger partial charge on any atom is -0.418 e. The smallest absolute Gasteiger partial charge is 0.330 e. The van der Waals surface area contributed by atoms with Crippen LogP contribution in [0, 0.1) is 5.92 Å². The SMILES string of the molecule is CCCCn1c(N)c(N(CCC(C)C)Cc2nnc(-c3cccs3)o2)c(=O)[nH]c1=O. The number of aromatic nitrogens is 4. The van der Waals surface area contributed by atoms with E-state index in [0.717, 1.165) is 24.1 Å². The standard InChI is InChI=1S/C20H28N6O3S/c1-4-5-9-26-17(21)16(18(27)22-20(26)28)25(10-8-13(2)3)12-15-23-24-19(29-15)14-7-6-11-30-14/h6-7,11,13H,4-5,8-10,12,21H2,1-3H3,(H,22,27,28). The molecular weight excluding hydrogens is 404 g/mol. The second kappa shape index (κ2) is 9.75. The van der Waals surface area contributed by atoms with Gasteiger partial charge in [0.2, 0.25) is 5.89 Å². The number of anilines is 2. The predicted octanol–water partition coefficient (Wildman–Crippen LogP) is 3.08. The van der Waals surface area contributed by atoms with Gasteiger partial charge < -0.3 is 15.1 Å². The Morgan fingerprint density at radius 1 is 1.33 bits per heavy atom. The first-order valence-corrected chi connectivity index (χ1v) is 11.0. The first-order chi connectivity index (χ1) is 14.4. The normalized spacial score (nSPS) is 11.3. The number of nitrogens with two attached hydrogens (primary N) is 1. The van der Waals surface area contributed by atoms with E-state index < -0.39 is 11.2 Å². The van der Waals surface area contributed by atoms with E-state index in [2.05, 4.69) is 29.0 Å². The molecule has 162 valence electrons. The van der Waals surface area contributed by atoms with E-state index in [1.807, 2.05) is 29.3 Å². The summed E-state index contributed by atoms with van der Waals surface area (Å²) in [5.74, 6) is 1.41. The molecule has 3 aromatic rings. The molecule has 0 aliphatic carbocycles. The van der Waals surface area contributed by atoms with Crippen LogP contribution in [0.2, 0.25) is 0 Å². The van der Waals surface area contributed by atoms with Crippen LogP contribution in [0.15, 0.2) is 31.5 Å². The van der Waals surface area contributed by atoms with E-state index in [4.69, 9.17) is 10.2 Å². The van der Waals surface area contributed by atoms with E-state index >= 15 is 0 Å².